The lowest BCUT2D eigenvalue weighted by Gasteiger charge is -2.20. The molecule has 2 aromatic rings. The fourth-order valence-electron chi connectivity index (χ4n) is 3.21. The van der Waals surface area contributed by atoms with E-state index in [1.165, 1.54) is 11.8 Å². The Morgan fingerprint density at radius 3 is 2.20 bits per heavy atom. The standard InChI is InChI=1S/C19H15BrF3NS/c20-15-9-14(19(21,22)23)10-17(11-15)25-16-5-3-13(4-6-16)18(12-24)7-1-2-8-18/h3-6,9-11H,1-2,7-8H2. The number of halogens is 4. The van der Waals surface area contributed by atoms with Crippen LogP contribution in [0.2, 0.25) is 0 Å². The molecule has 0 unspecified atom stereocenters. The van der Waals surface area contributed by atoms with Crippen LogP contribution in [0.25, 0.3) is 0 Å². The molecule has 0 radical (unpaired) electrons. The van der Waals surface area contributed by atoms with Crippen LogP contribution in [-0.4, -0.2) is 0 Å². The molecule has 0 aromatic heterocycles. The van der Waals surface area contributed by atoms with Gasteiger partial charge in [0.25, 0.3) is 0 Å². The zero-order valence-corrected chi connectivity index (χ0v) is 15.6. The maximum Gasteiger partial charge on any atom is 0.416 e. The summed E-state index contributed by atoms with van der Waals surface area (Å²) in [5.74, 6) is 0. The average molecular weight is 426 g/mol. The second-order valence-electron chi connectivity index (χ2n) is 6.20. The van der Waals surface area contributed by atoms with Crippen molar-refractivity contribution in [2.45, 2.75) is 47.1 Å². The van der Waals surface area contributed by atoms with Gasteiger partial charge in [0.15, 0.2) is 0 Å². The van der Waals surface area contributed by atoms with Crippen molar-refractivity contribution in [2.75, 3.05) is 0 Å². The molecule has 0 bridgehead atoms. The predicted octanol–water partition coefficient (Wildman–Crippen LogP) is 6.95. The van der Waals surface area contributed by atoms with Crippen molar-refractivity contribution in [3.05, 3.63) is 58.1 Å². The number of rotatable bonds is 3. The number of hydrogen-bond donors (Lipinski definition) is 0. The van der Waals surface area contributed by atoms with E-state index < -0.39 is 17.2 Å². The van der Waals surface area contributed by atoms with Gasteiger partial charge >= 0.3 is 6.18 Å². The summed E-state index contributed by atoms with van der Waals surface area (Å²) in [6.45, 7) is 0. The number of nitrogens with zero attached hydrogens (tertiary/aromatic N) is 1. The van der Waals surface area contributed by atoms with Crippen molar-refractivity contribution in [2.24, 2.45) is 0 Å². The van der Waals surface area contributed by atoms with Gasteiger partial charge in [-0.1, -0.05) is 52.7 Å². The Labute approximate surface area is 157 Å². The van der Waals surface area contributed by atoms with Crippen molar-refractivity contribution in [1.29, 1.82) is 5.26 Å². The van der Waals surface area contributed by atoms with Crippen LogP contribution in [0.3, 0.4) is 0 Å². The molecule has 6 heteroatoms. The Hall–Kier alpha value is -1.45. The number of hydrogen-bond acceptors (Lipinski definition) is 2. The topological polar surface area (TPSA) is 23.8 Å². The SMILES string of the molecule is N#CC1(c2ccc(Sc3cc(Br)cc(C(F)(F)F)c3)cc2)CCCC1. The van der Waals surface area contributed by atoms with Gasteiger partial charge in [-0.3, -0.25) is 0 Å². The van der Waals surface area contributed by atoms with Crippen LogP contribution in [0.15, 0.2) is 56.7 Å². The number of alkyl halides is 3. The molecule has 1 nitrogen and oxygen atoms in total. The van der Waals surface area contributed by atoms with E-state index in [9.17, 15) is 18.4 Å². The van der Waals surface area contributed by atoms with Gasteiger partial charge in [0.1, 0.15) is 0 Å². The van der Waals surface area contributed by atoms with Gasteiger partial charge in [-0.2, -0.15) is 18.4 Å². The fraction of sp³-hybridized carbons (Fsp3) is 0.316. The molecule has 130 valence electrons. The Morgan fingerprint density at radius 1 is 1.00 bits per heavy atom. The summed E-state index contributed by atoms with van der Waals surface area (Å²) in [6, 6.07) is 14.0. The zero-order valence-electron chi connectivity index (χ0n) is 13.2. The van der Waals surface area contributed by atoms with E-state index >= 15 is 0 Å². The quantitative estimate of drug-likeness (QED) is 0.530. The van der Waals surface area contributed by atoms with Gasteiger partial charge in [0.2, 0.25) is 0 Å². The lowest BCUT2D eigenvalue weighted by molar-refractivity contribution is -0.137. The smallest absolute Gasteiger partial charge is 0.197 e. The van der Waals surface area contributed by atoms with Crippen molar-refractivity contribution < 1.29 is 13.2 Å². The third-order valence-corrected chi connectivity index (χ3v) is 5.95. The molecule has 3 rings (SSSR count). The maximum atomic E-state index is 12.9. The van der Waals surface area contributed by atoms with Gasteiger partial charge in [0.05, 0.1) is 17.0 Å². The molecule has 1 saturated carbocycles. The third-order valence-electron chi connectivity index (χ3n) is 4.51. The summed E-state index contributed by atoms with van der Waals surface area (Å²) in [5.41, 5.74) is -0.0694. The minimum atomic E-state index is -4.37. The molecule has 1 aliphatic carbocycles. The molecule has 0 saturated heterocycles. The highest BCUT2D eigenvalue weighted by atomic mass is 79.9. The molecular formula is C19H15BrF3NS. The van der Waals surface area contributed by atoms with Crippen molar-refractivity contribution in [3.8, 4) is 6.07 Å². The minimum Gasteiger partial charge on any atom is -0.197 e. The van der Waals surface area contributed by atoms with Crippen molar-refractivity contribution >= 4 is 27.7 Å². The molecule has 2 aromatic carbocycles. The summed E-state index contributed by atoms with van der Waals surface area (Å²) in [7, 11) is 0. The highest BCUT2D eigenvalue weighted by molar-refractivity contribution is 9.10. The number of benzene rings is 2. The molecule has 25 heavy (non-hydrogen) atoms. The Morgan fingerprint density at radius 2 is 1.64 bits per heavy atom. The second-order valence-corrected chi connectivity index (χ2v) is 8.26. The fourth-order valence-corrected chi connectivity index (χ4v) is 4.77. The summed E-state index contributed by atoms with van der Waals surface area (Å²) >= 11 is 4.42. The van der Waals surface area contributed by atoms with Crippen molar-refractivity contribution in [1.82, 2.24) is 0 Å². The van der Waals surface area contributed by atoms with E-state index in [-0.39, 0.29) is 0 Å². The van der Waals surface area contributed by atoms with Crippen molar-refractivity contribution in [3.63, 3.8) is 0 Å². The molecule has 0 N–H and O–H groups in total. The Kier molecular flexibility index (Phi) is 5.17. The number of nitriles is 1. The average Bonchev–Trinajstić information content (AvgIpc) is 3.04. The van der Waals surface area contributed by atoms with E-state index in [2.05, 4.69) is 22.0 Å². The minimum absolute atomic E-state index is 0.399. The van der Waals surface area contributed by atoms with Gasteiger partial charge < -0.3 is 0 Å². The summed E-state index contributed by atoms with van der Waals surface area (Å²) in [6.07, 6.45) is -0.512. The van der Waals surface area contributed by atoms with Crippen LogP contribution < -0.4 is 0 Å². The van der Waals surface area contributed by atoms with Crippen LogP contribution in [-0.2, 0) is 11.6 Å². The summed E-state index contributed by atoms with van der Waals surface area (Å²) in [4.78, 5) is 1.37. The molecule has 1 fully saturated rings. The Balaban J connectivity index is 1.83. The molecular weight excluding hydrogens is 411 g/mol. The van der Waals surface area contributed by atoms with Gasteiger partial charge in [-0.25, -0.2) is 0 Å². The molecule has 0 spiro atoms. The van der Waals surface area contributed by atoms with Gasteiger partial charge in [-0.15, -0.1) is 0 Å². The first-order valence-corrected chi connectivity index (χ1v) is 9.51. The van der Waals surface area contributed by atoms with Gasteiger partial charge in [-0.05, 0) is 48.7 Å². The monoisotopic (exact) mass is 425 g/mol. The van der Waals surface area contributed by atoms with E-state index in [1.54, 1.807) is 6.07 Å². The first-order valence-electron chi connectivity index (χ1n) is 7.90. The van der Waals surface area contributed by atoms with Crippen LogP contribution in [0.1, 0.15) is 36.8 Å². The molecule has 0 atom stereocenters. The van der Waals surface area contributed by atoms with E-state index in [1.807, 2.05) is 24.3 Å². The van der Waals surface area contributed by atoms with Gasteiger partial charge in [0, 0.05) is 14.3 Å². The van der Waals surface area contributed by atoms with E-state index in [4.69, 9.17) is 0 Å². The summed E-state index contributed by atoms with van der Waals surface area (Å²) < 4.78 is 39.2. The highest BCUT2D eigenvalue weighted by Gasteiger charge is 2.35. The van der Waals surface area contributed by atoms with Crippen LogP contribution in [0.4, 0.5) is 13.2 Å². The predicted molar refractivity (Wildman–Crippen MR) is 95.5 cm³/mol. The maximum absolute atomic E-state index is 12.9. The highest BCUT2D eigenvalue weighted by Crippen LogP contribution is 2.42. The zero-order chi connectivity index (χ0) is 18.1. The molecule has 0 aliphatic heterocycles. The summed E-state index contributed by atoms with van der Waals surface area (Å²) in [5, 5.41) is 9.54. The third kappa shape index (κ3) is 4.04. The lowest BCUT2D eigenvalue weighted by atomic mass is 9.80. The van der Waals surface area contributed by atoms with Crippen LogP contribution in [0.5, 0.6) is 0 Å². The Bertz CT molecular complexity index is 803. The van der Waals surface area contributed by atoms with Crippen LogP contribution >= 0.6 is 27.7 Å². The van der Waals surface area contributed by atoms with Crippen LogP contribution in [0, 0.1) is 11.3 Å². The molecule has 0 amide bonds. The molecule has 1 aliphatic rings. The first-order chi connectivity index (χ1) is 11.8. The largest absolute Gasteiger partial charge is 0.416 e. The van der Waals surface area contributed by atoms with E-state index in [0.29, 0.717) is 9.37 Å². The molecule has 0 heterocycles. The lowest BCUT2D eigenvalue weighted by Crippen LogP contribution is -2.18. The normalized spacial score (nSPS) is 16.6. The van der Waals surface area contributed by atoms with E-state index in [0.717, 1.165) is 48.3 Å². The first kappa shape index (κ1) is 18.3. The second kappa shape index (κ2) is 7.05.